The van der Waals surface area contributed by atoms with E-state index in [4.69, 9.17) is 28.9 Å². The number of benzene rings is 1. The first-order chi connectivity index (χ1) is 19.1. The van der Waals surface area contributed by atoms with E-state index >= 15 is 0 Å². The summed E-state index contributed by atoms with van der Waals surface area (Å²) < 4.78 is 27.1. The molecule has 1 aliphatic rings. The fourth-order valence-electron chi connectivity index (χ4n) is 3.90. The van der Waals surface area contributed by atoms with Crippen molar-refractivity contribution in [2.45, 2.75) is 37.5 Å². The van der Waals surface area contributed by atoms with Crippen molar-refractivity contribution >= 4 is 17.8 Å². The summed E-state index contributed by atoms with van der Waals surface area (Å²) in [6.07, 6.45) is 5.26. The molecule has 10 nitrogen and oxygen atoms in total. The fourth-order valence-corrected chi connectivity index (χ4v) is 4.48. The number of anilines is 1. The molecule has 1 fully saturated rings. The second-order valence-corrected chi connectivity index (χ2v) is 9.63. The average Bonchev–Trinajstić information content (AvgIpc) is 3.50. The van der Waals surface area contributed by atoms with Crippen LogP contribution in [0.25, 0.3) is 11.4 Å². The van der Waals surface area contributed by atoms with Crippen molar-refractivity contribution in [3.8, 4) is 34.5 Å². The van der Waals surface area contributed by atoms with Gasteiger partial charge in [-0.2, -0.15) is 4.98 Å². The molecule has 1 saturated heterocycles. The van der Waals surface area contributed by atoms with E-state index in [9.17, 15) is 5.11 Å². The number of para-hydroxylation sites is 2. The molecule has 1 aliphatic heterocycles. The number of pyridine rings is 2. The number of rotatable bonds is 11. The van der Waals surface area contributed by atoms with E-state index in [2.05, 4.69) is 14.7 Å². The highest BCUT2D eigenvalue weighted by atomic mass is 32.2. The minimum atomic E-state index is -0.203. The first-order valence-electron chi connectivity index (χ1n) is 12.5. The van der Waals surface area contributed by atoms with Gasteiger partial charge in [0.05, 0.1) is 25.5 Å². The molecule has 3 aromatic heterocycles. The summed E-state index contributed by atoms with van der Waals surface area (Å²) in [6.45, 7) is 2.80. The van der Waals surface area contributed by atoms with Gasteiger partial charge in [-0.1, -0.05) is 18.2 Å². The Morgan fingerprint density at radius 3 is 2.72 bits per heavy atom. The Kier molecular flexibility index (Phi) is 8.71. The molecule has 39 heavy (non-hydrogen) atoms. The van der Waals surface area contributed by atoms with E-state index in [-0.39, 0.29) is 24.3 Å². The van der Waals surface area contributed by atoms with Crippen molar-refractivity contribution in [2.24, 2.45) is 0 Å². The lowest BCUT2D eigenvalue weighted by Crippen LogP contribution is -2.17. The van der Waals surface area contributed by atoms with Crippen molar-refractivity contribution in [1.29, 1.82) is 0 Å². The highest BCUT2D eigenvalue weighted by Gasteiger charge is 2.24. The van der Waals surface area contributed by atoms with Crippen LogP contribution in [-0.4, -0.2) is 51.5 Å². The maximum absolute atomic E-state index is 9.61. The van der Waals surface area contributed by atoms with Crippen LogP contribution < -0.4 is 18.9 Å². The minimum Gasteiger partial charge on any atom is -0.493 e. The molecular formula is C28H29N5O5S. The predicted molar refractivity (Wildman–Crippen MR) is 147 cm³/mol. The zero-order chi connectivity index (χ0) is 27.0. The third-order valence-electron chi connectivity index (χ3n) is 5.92. The first-order valence-corrected chi connectivity index (χ1v) is 13.3. The predicted octanol–water partition coefficient (Wildman–Crippen LogP) is 5.21. The van der Waals surface area contributed by atoms with Crippen LogP contribution >= 0.6 is 11.9 Å². The van der Waals surface area contributed by atoms with Crippen LogP contribution in [0.5, 0.6) is 23.1 Å². The van der Waals surface area contributed by atoms with Crippen LogP contribution in [0.2, 0.25) is 0 Å². The molecule has 0 saturated carbocycles. The zero-order valence-electron chi connectivity index (χ0n) is 21.7. The first kappa shape index (κ1) is 26.7. The zero-order valence-corrected chi connectivity index (χ0v) is 22.5. The molecule has 0 spiro atoms. The van der Waals surface area contributed by atoms with Crippen LogP contribution in [-0.2, 0) is 11.3 Å². The number of ether oxygens (including phenoxy) is 4. The highest BCUT2D eigenvalue weighted by molar-refractivity contribution is 8.00. The van der Waals surface area contributed by atoms with Crippen LogP contribution in [0.4, 0.5) is 5.82 Å². The summed E-state index contributed by atoms with van der Waals surface area (Å²) >= 11 is 1.29. The van der Waals surface area contributed by atoms with Crippen molar-refractivity contribution in [3.05, 3.63) is 72.2 Å². The molecule has 5 rings (SSSR count). The Bertz CT molecular complexity index is 1400. The standard InChI is InChI=1S/C28H29N5O5S/c1-18-9-10-24(30-15-18)39-33-27-25(38-23-8-4-3-7-22(23)35-2)28(37-17-21-6-5-13-36-21)32-26(31-27)19-11-12-29-20(14-19)16-34/h3-4,7-12,14-15,21,34H,5-6,13,16-17H2,1-2H3,(H,31,32,33). The maximum Gasteiger partial charge on any atom is 0.263 e. The summed E-state index contributed by atoms with van der Waals surface area (Å²) in [5.74, 6) is 2.31. The Hall–Kier alpha value is -3.93. The molecule has 2 N–H and O–H groups in total. The molecule has 1 aromatic carbocycles. The lowest BCUT2D eigenvalue weighted by atomic mass is 10.2. The van der Waals surface area contributed by atoms with Crippen molar-refractivity contribution in [1.82, 2.24) is 19.9 Å². The third kappa shape index (κ3) is 6.75. The number of nitrogens with zero attached hydrogens (tertiary/aromatic N) is 4. The number of aryl methyl sites for hydroxylation is 1. The Morgan fingerprint density at radius 2 is 1.97 bits per heavy atom. The van der Waals surface area contributed by atoms with Gasteiger partial charge < -0.3 is 28.8 Å². The summed E-state index contributed by atoms with van der Waals surface area (Å²) in [6, 6.07) is 14.7. The van der Waals surface area contributed by atoms with E-state index in [1.807, 2.05) is 37.3 Å². The topological polar surface area (TPSA) is 121 Å². The molecule has 1 atom stereocenters. The summed E-state index contributed by atoms with van der Waals surface area (Å²) in [7, 11) is 1.58. The van der Waals surface area contributed by atoms with E-state index in [1.165, 1.54) is 11.9 Å². The third-order valence-corrected chi connectivity index (χ3v) is 6.66. The van der Waals surface area contributed by atoms with Gasteiger partial charge in [0.1, 0.15) is 11.6 Å². The largest absolute Gasteiger partial charge is 0.493 e. The second kappa shape index (κ2) is 12.7. The van der Waals surface area contributed by atoms with E-state index in [1.54, 1.807) is 37.7 Å². The van der Waals surface area contributed by atoms with Gasteiger partial charge in [0.2, 0.25) is 5.75 Å². The van der Waals surface area contributed by atoms with Crippen molar-refractivity contribution < 1.29 is 24.1 Å². The molecule has 4 aromatic rings. The molecule has 4 heterocycles. The van der Waals surface area contributed by atoms with E-state index in [0.717, 1.165) is 23.4 Å². The average molecular weight is 548 g/mol. The number of aliphatic hydroxyl groups excluding tert-OH is 1. The van der Waals surface area contributed by atoms with Gasteiger partial charge in [-0.3, -0.25) is 4.98 Å². The second-order valence-electron chi connectivity index (χ2n) is 8.80. The normalized spacial score (nSPS) is 14.7. The monoisotopic (exact) mass is 547 g/mol. The Labute approximate surface area is 230 Å². The van der Waals surface area contributed by atoms with Gasteiger partial charge in [-0.25, -0.2) is 9.97 Å². The number of methoxy groups -OCH3 is 1. The molecular weight excluding hydrogens is 518 g/mol. The molecule has 0 bridgehead atoms. The molecule has 0 amide bonds. The van der Waals surface area contributed by atoms with Crippen molar-refractivity contribution in [2.75, 3.05) is 25.0 Å². The molecule has 0 aliphatic carbocycles. The summed E-state index contributed by atoms with van der Waals surface area (Å²) in [5, 5.41) is 10.4. The van der Waals surface area contributed by atoms with Crippen LogP contribution in [0.3, 0.4) is 0 Å². The van der Waals surface area contributed by atoms with Gasteiger partial charge in [0.15, 0.2) is 23.1 Å². The molecule has 0 radical (unpaired) electrons. The number of hydrogen-bond donors (Lipinski definition) is 2. The SMILES string of the molecule is COc1ccccc1Oc1c(NSc2ccc(C)cn2)nc(-c2ccnc(CO)c2)nc1OCC1CCCO1. The van der Waals surface area contributed by atoms with Crippen molar-refractivity contribution in [3.63, 3.8) is 0 Å². The molecule has 202 valence electrons. The molecule has 11 heteroatoms. The Morgan fingerprint density at radius 1 is 1.10 bits per heavy atom. The summed E-state index contributed by atoms with van der Waals surface area (Å²) in [4.78, 5) is 18.1. The van der Waals surface area contributed by atoms with Gasteiger partial charge in [-0.05, 0) is 55.7 Å². The van der Waals surface area contributed by atoms with Gasteiger partial charge in [0.25, 0.3) is 5.88 Å². The Balaban J connectivity index is 1.57. The number of aliphatic hydroxyl groups is 1. The fraction of sp³-hybridized carbons (Fsp3) is 0.286. The lowest BCUT2D eigenvalue weighted by molar-refractivity contribution is 0.0654. The summed E-state index contributed by atoms with van der Waals surface area (Å²) in [5.41, 5.74) is 2.23. The maximum atomic E-state index is 9.61. The van der Waals surface area contributed by atoms with Crippen LogP contribution in [0.15, 0.2) is 66.0 Å². The minimum absolute atomic E-state index is 0.0352. The van der Waals surface area contributed by atoms with Gasteiger partial charge in [0, 0.05) is 36.5 Å². The van der Waals surface area contributed by atoms with Crippen LogP contribution in [0, 0.1) is 6.92 Å². The quantitative estimate of drug-likeness (QED) is 0.241. The van der Waals surface area contributed by atoms with Crippen LogP contribution in [0.1, 0.15) is 24.1 Å². The number of hydrogen-bond acceptors (Lipinski definition) is 11. The number of aromatic nitrogens is 4. The van der Waals surface area contributed by atoms with E-state index in [0.29, 0.717) is 47.6 Å². The number of nitrogens with one attached hydrogen (secondary N) is 1. The van der Waals surface area contributed by atoms with E-state index < -0.39 is 0 Å². The van der Waals surface area contributed by atoms with Gasteiger partial charge >= 0.3 is 0 Å². The highest BCUT2D eigenvalue weighted by Crippen LogP contribution is 2.42. The lowest BCUT2D eigenvalue weighted by Gasteiger charge is -2.19. The smallest absolute Gasteiger partial charge is 0.263 e. The molecule has 1 unspecified atom stereocenters. The van der Waals surface area contributed by atoms with Gasteiger partial charge in [-0.15, -0.1) is 0 Å².